The van der Waals surface area contributed by atoms with Crippen LogP contribution < -0.4 is 5.32 Å². The molecular formula is C14H19NO3S. The van der Waals surface area contributed by atoms with Gasteiger partial charge in [0.25, 0.3) is 0 Å². The van der Waals surface area contributed by atoms with Crippen molar-refractivity contribution in [2.45, 2.75) is 26.2 Å². The highest BCUT2D eigenvalue weighted by molar-refractivity contribution is 7.99. The molecule has 1 amide bonds. The number of rotatable bonds is 8. The molecule has 0 saturated carbocycles. The first-order chi connectivity index (χ1) is 9.08. The van der Waals surface area contributed by atoms with E-state index in [1.165, 1.54) is 11.8 Å². The predicted molar refractivity (Wildman–Crippen MR) is 78.6 cm³/mol. The molecule has 0 aliphatic heterocycles. The molecule has 104 valence electrons. The lowest BCUT2D eigenvalue weighted by Gasteiger charge is -2.05. The molecule has 0 atom stereocenters. The number of benzene rings is 1. The molecule has 0 spiro atoms. The van der Waals surface area contributed by atoms with Crippen LogP contribution in [0.3, 0.4) is 0 Å². The van der Waals surface area contributed by atoms with E-state index in [-0.39, 0.29) is 12.3 Å². The second-order valence-electron chi connectivity index (χ2n) is 4.32. The Morgan fingerprint density at radius 3 is 2.53 bits per heavy atom. The predicted octanol–water partition coefficient (Wildman–Crippen LogP) is 2.92. The summed E-state index contributed by atoms with van der Waals surface area (Å²) in [4.78, 5) is 21.9. The summed E-state index contributed by atoms with van der Waals surface area (Å²) in [5.74, 6) is 0.435. The summed E-state index contributed by atoms with van der Waals surface area (Å²) in [7, 11) is 0. The Bertz CT molecular complexity index is 417. The molecule has 0 aliphatic rings. The average molecular weight is 281 g/mol. The van der Waals surface area contributed by atoms with E-state index in [9.17, 15) is 9.59 Å². The van der Waals surface area contributed by atoms with Crippen LogP contribution in [0.4, 0.5) is 5.69 Å². The van der Waals surface area contributed by atoms with Crippen molar-refractivity contribution in [2.75, 3.05) is 16.8 Å². The highest BCUT2D eigenvalue weighted by Crippen LogP contribution is 2.11. The molecule has 1 aromatic carbocycles. The van der Waals surface area contributed by atoms with Gasteiger partial charge in [-0.1, -0.05) is 17.7 Å². The van der Waals surface area contributed by atoms with Crippen molar-refractivity contribution in [3.63, 3.8) is 0 Å². The molecule has 0 heterocycles. The standard InChI is InChI=1S/C14H19NO3S/c1-11-5-7-12(8-6-11)15-13(16)10-19-9-3-2-4-14(17)18/h5-8H,2-4,9-10H2,1H3,(H,15,16)(H,17,18). The van der Waals surface area contributed by atoms with E-state index in [0.717, 1.165) is 23.4 Å². The van der Waals surface area contributed by atoms with Gasteiger partial charge in [-0.3, -0.25) is 9.59 Å². The number of carbonyl (C=O) groups excluding carboxylic acids is 1. The van der Waals surface area contributed by atoms with Crippen LogP contribution in [0.1, 0.15) is 24.8 Å². The molecule has 1 rings (SSSR count). The Hall–Kier alpha value is -1.49. The number of hydrogen-bond acceptors (Lipinski definition) is 3. The maximum absolute atomic E-state index is 11.6. The normalized spacial score (nSPS) is 10.2. The van der Waals surface area contributed by atoms with Crippen LogP contribution in [0, 0.1) is 6.92 Å². The molecule has 0 aromatic heterocycles. The number of anilines is 1. The van der Waals surface area contributed by atoms with E-state index in [0.29, 0.717) is 12.2 Å². The second-order valence-corrected chi connectivity index (χ2v) is 5.42. The number of thioether (sulfide) groups is 1. The van der Waals surface area contributed by atoms with Crippen molar-refractivity contribution in [3.05, 3.63) is 29.8 Å². The van der Waals surface area contributed by atoms with Crippen LogP contribution in [-0.2, 0) is 9.59 Å². The largest absolute Gasteiger partial charge is 0.481 e. The highest BCUT2D eigenvalue weighted by atomic mass is 32.2. The number of amides is 1. The Morgan fingerprint density at radius 2 is 1.89 bits per heavy atom. The first kappa shape index (κ1) is 15.6. The zero-order valence-corrected chi connectivity index (χ0v) is 11.8. The number of aliphatic carboxylic acids is 1. The van der Waals surface area contributed by atoms with E-state index in [1.54, 1.807) is 0 Å². The van der Waals surface area contributed by atoms with Gasteiger partial charge in [0.15, 0.2) is 0 Å². The van der Waals surface area contributed by atoms with Gasteiger partial charge in [0.1, 0.15) is 0 Å². The Labute approximate surface area is 117 Å². The van der Waals surface area contributed by atoms with Crippen LogP contribution in [-0.4, -0.2) is 28.5 Å². The van der Waals surface area contributed by atoms with Crippen molar-refractivity contribution in [1.29, 1.82) is 0 Å². The lowest BCUT2D eigenvalue weighted by molar-refractivity contribution is -0.137. The van der Waals surface area contributed by atoms with Crippen LogP contribution in [0.5, 0.6) is 0 Å². The molecule has 0 unspecified atom stereocenters. The van der Waals surface area contributed by atoms with E-state index in [4.69, 9.17) is 5.11 Å². The number of carboxylic acid groups (broad SMARTS) is 1. The Balaban J connectivity index is 2.11. The van der Waals surface area contributed by atoms with Gasteiger partial charge in [0.2, 0.25) is 5.91 Å². The average Bonchev–Trinajstić information content (AvgIpc) is 2.36. The van der Waals surface area contributed by atoms with E-state index >= 15 is 0 Å². The molecular weight excluding hydrogens is 262 g/mol. The third-order valence-corrected chi connectivity index (χ3v) is 3.54. The number of carboxylic acids is 1. The molecule has 0 saturated heterocycles. The Morgan fingerprint density at radius 1 is 1.21 bits per heavy atom. The quantitative estimate of drug-likeness (QED) is 0.719. The molecule has 2 N–H and O–H groups in total. The molecule has 0 aliphatic carbocycles. The number of unbranched alkanes of at least 4 members (excludes halogenated alkanes) is 1. The van der Waals surface area contributed by atoms with E-state index in [2.05, 4.69) is 5.32 Å². The smallest absolute Gasteiger partial charge is 0.303 e. The fraction of sp³-hybridized carbons (Fsp3) is 0.429. The van der Waals surface area contributed by atoms with E-state index in [1.807, 2.05) is 31.2 Å². The van der Waals surface area contributed by atoms with Crippen LogP contribution >= 0.6 is 11.8 Å². The molecule has 5 heteroatoms. The summed E-state index contributed by atoms with van der Waals surface area (Å²) in [6.07, 6.45) is 1.70. The molecule has 4 nitrogen and oxygen atoms in total. The number of aryl methyl sites for hydroxylation is 1. The lowest BCUT2D eigenvalue weighted by atomic mass is 10.2. The number of nitrogens with one attached hydrogen (secondary N) is 1. The van der Waals surface area contributed by atoms with Gasteiger partial charge in [-0.05, 0) is 37.7 Å². The van der Waals surface area contributed by atoms with Crippen molar-refractivity contribution in [3.8, 4) is 0 Å². The van der Waals surface area contributed by atoms with Gasteiger partial charge in [-0.25, -0.2) is 0 Å². The molecule has 0 bridgehead atoms. The van der Waals surface area contributed by atoms with Gasteiger partial charge < -0.3 is 10.4 Å². The summed E-state index contributed by atoms with van der Waals surface area (Å²) in [6, 6.07) is 7.67. The van der Waals surface area contributed by atoms with Crippen molar-refractivity contribution in [1.82, 2.24) is 0 Å². The fourth-order valence-electron chi connectivity index (χ4n) is 1.48. The summed E-state index contributed by atoms with van der Waals surface area (Å²) >= 11 is 1.53. The lowest BCUT2D eigenvalue weighted by Crippen LogP contribution is -2.14. The van der Waals surface area contributed by atoms with Crippen molar-refractivity contribution < 1.29 is 14.7 Å². The summed E-state index contributed by atoms with van der Waals surface area (Å²) in [6.45, 7) is 2.00. The summed E-state index contributed by atoms with van der Waals surface area (Å²) in [5, 5.41) is 11.3. The monoisotopic (exact) mass is 281 g/mol. The van der Waals surface area contributed by atoms with Crippen LogP contribution in [0.25, 0.3) is 0 Å². The summed E-state index contributed by atoms with van der Waals surface area (Å²) < 4.78 is 0. The zero-order chi connectivity index (χ0) is 14.1. The van der Waals surface area contributed by atoms with Gasteiger partial charge in [-0.2, -0.15) is 11.8 Å². The van der Waals surface area contributed by atoms with Gasteiger partial charge in [-0.15, -0.1) is 0 Å². The van der Waals surface area contributed by atoms with Crippen LogP contribution in [0.2, 0.25) is 0 Å². The second kappa shape index (κ2) is 8.58. The number of hydrogen-bond donors (Lipinski definition) is 2. The third-order valence-electron chi connectivity index (χ3n) is 2.50. The van der Waals surface area contributed by atoms with Crippen LogP contribution in [0.15, 0.2) is 24.3 Å². The van der Waals surface area contributed by atoms with Gasteiger partial charge in [0, 0.05) is 12.1 Å². The minimum absolute atomic E-state index is 0.0212. The maximum atomic E-state index is 11.6. The zero-order valence-electron chi connectivity index (χ0n) is 11.0. The Kier molecular flexibility index (Phi) is 7.03. The highest BCUT2D eigenvalue weighted by Gasteiger charge is 2.02. The molecule has 0 fully saturated rings. The SMILES string of the molecule is Cc1ccc(NC(=O)CSCCCCC(=O)O)cc1. The topological polar surface area (TPSA) is 66.4 Å². The molecule has 1 aromatic rings. The first-order valence-corrected chi connectivity index (χ1v) is 7.39. The van der Waals surface area contributed by atoms with Gasteiger partial charge >= 0.3 is 5.97 Å². The third kappa shape index (κ3) is 7.51. The number of carbonyl (C=O) groups is 2. The van der Waals surface area contributed by atoms with E-state index < -0.39 is 5.97 Å². The fourth-order valence-corrected chi connectivity index (χ4v) is 2.29. The van der Waals surface area contributed by atoms with Crippen molar-refractivity contribution in [2.24, 2.45) is 0 Å². The first-order valence-electron chi connectivity index (χ1n) is 6.24. The maximum Gasteiger partial charge on any atom is 0.303 e. The molecule has 0 radical (unpaired) electrons. The summed E-state index contributed by atoms with van der Waals surface area (Å²) in [5.41, 5.74) is 1.97. The van der Waals surface area contributed by atoms with Crippen molar-refractivity contribution >= 4 is 29.3 Å². The minimum Gasteiger partial charge on any atom is -0.481 e. The van der Waals surface area contributed by atoms with Gasteiger partial charge in [0.05, 0.1) is 5.75 Å². The molecule has 19 heavy (non-hydrogen) atoms. The minimum atomic E-state index is -0.762.